The Hall–Kier alpha value is -1.62. The van der Waals surface area contributed by atoms with Gasteiger partial charge in [0.25, 0.3) is 0 Å². The summed E-state index contributed by atoms with van der Waals surface area (Å²) >= 11 is 0. The van der Waals surface area contributed by atoms with Gasteiger partial charge in [0.2, 0.25) is 0 Å². The number of aliphatic hydroxyl groups is 1. The van der Waals surface area contributed by atoms with Crippen LogP contribution in [0.4, 0.5) is 5.69 Å². The van der Waals surface area contributed by atoms with Gasteiger partial charge in [-0.15, -0.1) is 0 Å². The highest BCUT2D eigenvalue weighted by molar-refractivity contribution is 5.53. The van der Waals surface area contributed by atoms with Crippen molar-refractivity contribution in [2.45, 2.75) is 58.0 Å². The largest absolute Gasteiger partial charge is 0.502 e. The molecule has 130 valence electrons. The number of nitro benzene ring substituents is 1. The van der Waals surface area contributed by atoms with Gasteiger partial charge in [0.15, 0.2) is 5.75 Å². The van der Waals surface area contributed by atoms with E-state index in [4.69, 9.17) is 0 Å². The van der Waals surface area contributed by atoms with Crippen molar-refractivity contribution in [2.75, 3.05) is 0 Å². The van der Waals surface area contributed by atoms with Crippen LogP contribution in [0, 0.1) is 33.3 Å². The van der Waals surface area contributed by atoms with E-state index < -0.39 is 4.92 Å². The molecule has 0 amide bonds. The Morgan fingerprint density at radius 2 is 2.08 bits per heavy atom. The Kier molecular flexibility index (Phi) is 3.43. The Morgan fingerprint density at radius 1 is 1.33 bits per heavy atom. The lowest BCUT2D eigenvalue weighted by atomic mass is 9.55. The number of rotatable bonds is 1. The van der Waals surface area contributed by atoms with Crippen LogP contribution in [0.25, 0.3) is 0 Å². The second-order valence-corrected chi connectivity index (χ2v) is 8.41. The lowest BCUT2D eigenvalue weighted by Gasteiger charge is -2.50. The van der Waals surface area contributed by atoms with Crippen molar-refractivity contribution in [2.24, 2.45) is 23.2 Å². The molecule has 2 N–H and O–H groups in total. The minimum Gasteiger partial charge on any atom is -0.502 e. The van der Waals surface area contributed by atoms with Gasteiger partial charge in [-0.1, -0.05) is 13.8 Å². The summed E-state index contributed by atoms with van der Waals surface area (Å²) in [5, 5.41) is 31.8. The molecule has 1 aromatic rings. The lowest BCUT2D eigenvalue weighted by Crippen LogP contribution is -2.44. The van der Waals surface area contributed by atoms with Crippen LogP contribution >= 0.6 is 0 Å². The Labute approximate surface area is 141 Å². The Morgan fingerprint density at radius 3 is 2.79 bits per heavy atom. The van der Waals surface area contributed by atoms with E-state index in [1.165, 1.54) is 0 Å². The van der Waals surface area contributed by atoms with Crippen molar-refractivity contribution < 1.29 is 15.1 Å². The maximum Gasteiger partial charge on any atom is 0.310 e. The number of nitro groups is 1. The molecule has 0 radical (unpaired) electrons. The van der Waals surface area contributed by atoms with Crippen molar-refractivity contribution in [3.05, 3.63) is 33.4 Å². The number of aliphatic hydroxyl groups excluding tert-OH is 1. The molecule has 0 saturated heterocycles. The average molecular weight is 331 g/mol. The van der Waals surface area contributed by atoms with Crippen molar-refractivity contribution >= 4 is 5.69 Å². The third kappa shape index (κ3) is 2.03. The van der Waals surface area contributed by atoms with E-state index in [1.54, 1.807) is 12.1 Å². The van der Waals surface area contributed by atoms with Gasteiger partial charge in [0, 0.05) is 6.07 Å². The van der Waals surface area contributed by atoms with Crippen LogP contribution in [-0.2, 0) is 6.42 Å². The predicted octanol–water partition coefficient (Wildman–Crippen LogP) is 3.76. The normalized spacial score (nSPS) is 40.5. The number of phenolic OH excluding ortho intramolecular Hbond substituents is 1. The fourth-order valence-corrected chi connectivity index (χ4v) is 6.08. The summed E-state index contributed by atoms with van der Waals surface area (Å²) in [4.78, 5) is 10.7. The fraction of sp³-hybridized carbons (Fsp3) is 0.684. The zero-order valence-electron chi connectivity index (χ0n) is 14.2. The van der Waals surface area contributed by atoms with Crippen LogP contribution in [0.15, 0.2) is 12.1 Å². The Balaban J connectivity index is 1.74. The van der Waals surface area contributed by atoms with Gasteiger partial charge in [0.1, 0.15) is 0 Å². The van der Waals surface area contributed by atoms with E-state index in [0.717, 1.165) is 43.2 Å². The van der Waals surface area contributed by atoms with Gasteiger partial charge >= 0.3 is 5.69 Å². The molecule has 4 rings (SSSR count). The Bertz CT molecular complexity index is 703. The summed E-state index contributed by atoms with van der Waals surface area (Å²) < 4.78 is 0. The number of hydrogen-bond donors (Lipinski definition) is 2. The molecule has 5 heteroatoms. The van der Waals surface area contributed by atoms with Crippen LogP contribution in [-0.4, -0.2) is 21.2 Å². The summed E-state index contributed by atoms with van der Waals surface area (Å²) in [7, 11) is 0. The molecule has 4 unspecified atom stereocenters. The van der Waals surface area contributed by atoms with Crippen LogP contribution < -0.4 is 0 Å². The lowest BCUT2D eigenvalue weighted by molar-refractivity contribution is -0.386. The number of aryl methyl sites for hydroxylation is 1. The number of benzene rings is 1. The molecule has 3 aliphatic rings. The van der Waals surface area contributed by atoms with Crippen LogP contribution in [0.5, 0.6) is 5.75 Å². The third-order valence-corrected chi connectivity index (χ3v) is 7.29. The summed E-state index contributed by atoms with van der Waals surface area (Å²) in [5.74, 6) is 1.41. The van der Waals surface area contributed by atoms with Crippen LogP contribution in [0.1, 0.15) is 56.6 Å². The van der Waals surface area contributed by atoms with Gasteiger partial charge < -0.3 is 10.2 Å². The number of fused-ring (bicyclic) bond motifs is 5. The number of nitrogens with zero attached hydrogens (tertiary/aromatic N) is 1. The molecule has 24 heavy (non-hydrogen) atoms. The minimum atomic E-state index is -0.492. The molecule has 0 aliphatic heterocycles. The first-order chi connectivity index (χ1) is 11.3. The van der Waals surface area contributed by atoms with Crippen molar-refractivity contribution in [3.63, 3.8) is 0 Å². The molecule has 3 aliphatic carbocycles. The molecule has 2 fully saturated rings. The second-order valence-electron chi connectivity index (χ2n) is 8.41. The molecular weight excluding hydrogens is 306 g/mol. The second kappa shape index (κ2) is 5.19. The van der Waals surface area contributed by atoms with Crippen molar-refractivity contribution in [3.8, 4) is 5.75 Å². The zero-order chi connectivity index (χ0) is 17.2. The predicted molar refractivity (Wildman–Crippen MR) is 89.9 cm³/mol. The molecular formula is C19H25NO4. The number of phenols is 1. The van der Waals surface area contributed by atoms with E-state index >= 15 is 0 Å². The van der Waals surface area contributed by atoms with Crippen molar-refractivity contribution in [1.29, 1.82) is 0 Å². The molecule has 5 nitrogen and oxygen atoms in total. The highest BCUT2D eigenvalue weighted by Gasteiger charge is 2.56. The molecule has 0 spiro atoms. The summed E-state index contributed by atoms with van der Waals surface area (Å²) in [5.41, 5.74) is 1.94. The van der Waals surface area contributed by atoms with Gasteiger partial charge in [-0.3, -0.25) is 10.1 Å². The smallest absolute Gasteiger partial charge is 0.310 e. The van der Waals surface area contributed by atoms with E-state index in [0.29, 0.717) is 23.7 Å². The number of hydrogen-bond acceptors (Lipinski definition) is 4. The first kappa shape index (κ1) is 15.9. The van der Waals surface area contributed by atoms with Gasteiger partial charge in [0.05, 0.1) is 11.0 Å². The number of aromatic hydroxyl groups is 1. The van der Waals surface area contributed by atoms with E-state index in [2.05, 4.69) is 13.8 Å². The topological polar surface area (TPSA) is 83.6 Å². The minimum absolute atomic E-state index is 0.0130. The maximum absolute atomic E-state index is 11.2. The van der Waals surface area contributed by atoms with Crippen LogP contribution in [0.2, 0.25) is 0 Å². The monoisotopic (exact) mass is 331 g/mol. The average Bonchev–Trinajstić information content (AvgIpc) is 2.77. The molecule has 2 saturated carbocycles. The highest BCUT2D eigenvalue weighted by atomic mass is 16.6. The third-order valence-electron chi connectivity index (χ3n) is 7.29. The highest BCUT2D eigenvalue weighted by Crippen LogP contribution is 2.62. The summed E-state index contributed by atoms with van der Waals surface area (Å²) in [6.07, 6.45) is 4.66. The van der Waals surface area contributed by atoms with E-state index in [1.807, 2.05) is 0 Å². The first-order valence-corrected chi connectivity index (χ1v) is 9.01. The molecule has 0 bridgehead atoms. The molecule has 1 aromatic carbocycles. The molecule has 0 heterocycles. The van der Waals surface area contributed by atoms with Gasteiger partial charge in [-0.05, 0) is 78.4 Å². The van der Waals surface area contributed by atoms with E-state index in [-0.39, 0.29) is 23.0 Å². The maximum atomic E-state index is 11.2. The van der Waals surface area contributed by atoms with Gasteiger partial charge in [-0.25, -0.2) is 0 Å². The molecule has 0 aromatic heterocycles. The van der Waals surface area contributed by atoms with Crippen molar-refractivity contribution in [1.82, 2.24) is 0 Å². The molecule has 6 atom stereocenters. The summed E-state index contributed by atoms with van der Waals surface area (Å²) in [6, 6.07) is 3.21. The first-order valence-electron chi connectivity index (χ1n) is 9.01. The van der Waals surface area contributed by atoms with Gasteiger partial charge in [-0.2, -0.15) is 0 Å². The van der Waals surface area contributed by atoms with Crippen LogP contribution in [0.3, 0.4) is 0 Å². The fourth-order valence-electron chi connectivity index (χ4n) is 6.08. The quantitative estimate of drug-likeness (QED) is 0.606. The zero-order valence-corrected chi connectivity index (χ0v) is 14.2. The standard InChI is InChI=1S/C19H25NO4/c1-10-7-15-13-4-3-11-8-17(21)16(20(23)24)9-14(11)12(13)5-6-19(15,2)18(10)22/h8-10,12-13,15,18,21-22H,3-7H2,1-2H3/t10?,12?,13?,15?,18-,19-/m0/s1. The summed E-state index contributed by atoms with van der Waals surface area (Å²) in [6.45, 7) is 4.37. The van der Waals surface area contributed by atoms with E-state index in [9.17, 15) is 20.3 Å². The SMILES string of the molecule is CC1CC2C3CCc4cc(O)c([N+](=O)[O-])cc4C3CC[C@]2(C)[C@H]1O.